The number of hydrogen-bond acceptors (Lipinski definition) is 0. The maximum absolute atomic E-state index is 10.8. The van der Waals surface area contributed by atoms with E-state index in [4.69, 9.17) is 21.9 Å². The molecule has 14 aromatic rings. The van der Waals surface area contributed by atoms with E-state index in [1.165, 1.54) is 13.1 Å². The van der Waals surface area contributed by atoms with Gasteiger partial charge in [0, 0.05) is 65.8 Å². The highest BCUT2D eigenvalue weighted by atomic mass is 28.3. The SMILES string of the molecule is [2H]c1c(-n2c3c([2H])c([2H])c([2H])c([2H])c3c3c([2H])c([2H])c([2H])c([2H])c32)c([2H])c([Si](C)(C)c2c([2H])c(-n3c4c([2H])c([2H])c([2H])c([2H])c4c4c([2H])c([2H])c([2H])c([2H])c43)c([2H])c(-n3c4c([2H])c([2H])c([2H])c([2H])c4c4c([2H])c([2H])c([2H])c([2H])c43)c2[2H])c([2H])c1-n1c2c([2H])c([2H])c([2H])c([2H])c2c2c([2H])c([2H])c([2H])c([2H])c21. The fourth-order valence-electron chi connectivity index (χ4n) is 8.66. The second-order valence-corrected chi connectivity index (χ2v) is 19.9. The number of nitrogens with zero attached hydrogens (tertiary/aromatic N) is 4. The van der Waals surface area contributed by atoms with Crippen LogP contribution in [0.25, 0.3) is 110 Å². The van der Waals surface area contributed by atoms with Crippen LogP contribution in [-0.2, 0) is 0 Å². The van der Waals surface area contributed by atoms with Gasteiger partial charge < -0.3 is 18.3 Å². The highest BCUT2D eigenvalue weighted by molar-refractivity contribution is 7.00. The van der Waals surface area contributed by atoms with Crippen molar-refractivity contribution in [2.45, 2.75) is 13.1 Å². The smallest absolute Gasteiger partial charge is 0.112 e. The van der Waals surface area contributed by atoms with Gasteiger partial charge in [0.1, 0.15) is 8.07 Å². The average molecular weight is 911 g/mol. The molecule has 0 aliphatic carbocycles. The molecule has 0 atom stereocenters. The van der Waals surface area contributed by atoms with Crippen LogP contribution in [0.15, 0.2) is 230 Å². The minimum Gasteiger partial charge on any atom is -0.309 e. The first kappa shape index (κ1) is 16.2. The highest BCUT2D eigenvalue weighted by Crippen LogP contribution is 2.38. The molecule has 4 heterocycles. The summed E-state index contributed by atoms with van der Waals surface area (Å²) in [6.07, 6.45) is 0. The van der Waals surface area contributed by atoms with Gasteiger partial charge in [0.05, 0.1) is 96.2 Å². The molecule has 10 aromatic carbocycles. The Labute approximate surface area is 441 Å². The third kappa shape index (κ3) is 5.52. The first-order valence-electron chi connectivity index (χ1n) is 39.2. The van der Waals surface area contributed by atoms with Crippen LogP contribution in [0, 0.1) is 0 Å². The van der Waals surface area contributed by atoms with E-state index in [1.54, 1.807) is 0 Å². The maximum atomic E-state index is 10.8. The molecule has 5 heteroatoms. The molecule has 0 amide bonds. The Morgan fingerprint density at radius 2 is 0.418 bits per heavy atom. The molecule has 0 saturated heterocycles. The summed E-state index contributed by atoms with van der Waals surface area (Å²) >= 11 is 0. The van der Waals surface area contributed by atoms with Crippen LogP contribution < -0.4 is 10.4 Å². The van der Waals surface area contributed by atoms with Crippen LogP contribution in [0.5, 0.6) is 0 Å². The Morgan fingerprint density at radius 1 is 0.254 bits per heavy atom. The summed E-state index contributed by atoms with van der Waals surface area (Å²) < 4.78 is 362. The number of hydrogen-bond donors (Lipinski definition) is 0. The number of para-hydroxylation sites is 8. The second kappa shape index (κ2) is 14.3. The summed E-state index contributed by atoms with van der Waals surface area (Å²) in [5.41, 5.74) is -10.4. The van der Waals surface area contributed by atoms with Crippen LogP contribution in [-0.4, -0.2) is 26.3 Å². The third-order valence-corrected chi connectivity index (χ3v) is 14.7. The largest absolute Gasteiger partial charge is 0.309 e. The van der Waals surface area contributed by atoms with Gasteiger partial charge in [-0.15, -0.1) is 0 Å². The van der Waals surface area contributed by atoms with Crippen molar-refractivity contribution >= 4 is 106 Å². The first-order valence-corrected chi connectivity index (χ1v) is 23.2. The van der Waals surface area contributed by atoms with Crippen molar-refractivity contribution in [2.75, 3.05) is 0 Å². The minimum absolute atomic E-state index is 0.650. The van der Waals surface area contributed by atoms with E-state index in [0.717, 1.165) is 0 Å². The molecule has 0 unspecified atom stereocenters. The molecule has 0 radical (unpaired) electrons. The van der Waals surface area contributed by atoms with E-state index < -0.39 is 358 Å². The Bertz CT molecular complexity index is 5520. The lowest BCUT2D eigenvalue weighted by atomic mass is 10.2. The lowest BCUT2D eigenvalue weighted by molar-refractivity contribution is 1.14. The molecule has 316 valence electrons. The molecule has 0 N–H and O–H groups in total. The topological polar surface area (TPSA) is 19.7 Å². The van der Waals surface area contributed by atoms with Crippen LogP contribution in [0.3, 0.4) is 0 Å². The van der Waals surface area contributed by atoms with Gasteiger partial charge in [-0.05, 0) is 84.6 Å². The van der Waals surface area contributed by atoms with E-state index in [2.05, 4.69) is 0 Å². The third-order valence-electron chi connectivity index (χ3n) is 11.7. The zero-order valence-electron chi connectivity index (χ0n) is 72.3. The Hall–Kier alpha value is -8.38. The molecule has 67 heavy (non-hydrogen) atoms. The molecule has 0 fully saturated rings. The van der Waals surface area contributed by atoms with E-state index in [1.807, 2.05) is 0 Å². The van der Waals surface area contributed by atoms with Crippen LogP contribution >= 0.6 is 0 Å². The standard InChI is InChI=1S/C62H44N4Si/c1-67(2,45-37-41(63-55-27-11-3-19-47(55)48-20-4-12-28-56(48)63)35-42(38-45)64-57-29-13-5-21-49(57)50-22-6-14-30-58(50)64)46-39-43(65-59-31-15-7-23-51(59)52-24-8-16-32-60(52)65)36-44(40-46)66-61-33-17-9-25-53(61)54-26-10-18-34-62(54)66/h3-40H,1-2H3/i3D,4D,5D,6D,7D,8D,9D,10D,11D,12D,13D,14D,15D,16D,17D,18D,19D,20D,21D,22D,23D,24D,25D,26D,27D,28D,29D,30D,31D,32D,33D,34D,35D,36D,37D,38D,39D,40D. The summed E-state index contributed by atoms with van der Waals surface area (Å²) in [6.45, 7) is 2.42. The summed E-state index contributed by atoms with van der Waals surface area (Å²) in [4.78, 5) is 0. The van der Waals surface area contributed by atoms with Crippen molar-refractivity contribution in [3.8, 4) is 22.7 Å². The predicted molar refractivity (Wildman–Crippen MR) is 287 cm³/mol. The molecule has 0 saturated carbocycles. The number of fused-ring (bicyclic) bond motifs is 12. The molecular formula is C62H44N4Si. The number of benzene rings is 10. The fourth-order valence-corrected chi connectivity index (χ4v) is 10.6. The van der Waals surface area contributed by atoms with Gasteiger partial charge in [0.25, 0.3) is 0 Å². The van der Waals surface area contributed by atoms with Crippen molar-refractivity contribution in [1.82, 2.24) is 18.3 Å². The second-order valence-electron chi connectivity index (χ2n) is 15.6. The molecule has 14 rings (SSSR count). The van der Waals surface area contributed by atoms with Crippen LogP contribution in [0.4, 0.5) is 0 Å². The zero-order chi connectivity index (χ0) is 77.5. The Balaban J connectivity index is 1.32. The van der Waals surface area contributed by atoms with Crippen molar-refractivity contribution < 1.29 is 52.1 Å². The average Bonchev–Trinajstić information content (AvgIpc) is 1.56. The van der Waals surface area contributed by atoms with Gasteiger partial charge in [0.15, 0.2) is 0 Å². The summed E-state index contributed by atoms with van der Waals surface area (Å²) in [6, 6.07) is -38.7. The quantitative estimate of drug-likeness (QED) is 0.148. The molecule has 0 aliphatic heterocycles. The lowest BCUT2D eigenvalue weighted by Gasteiger charge is -2.28. The van der Waals surface area contributed by atoms with E-state index in [0.29, 0.717) is 18.3 Å². The molecule has 0 aliphatic rings. The van der Waals surface area contributed by atoms with Crippen molar-refractivity contribution in [1.29, 1.82) is 0 Å². The number of aromatic nitrogens is 4. The highest BCUT2D eigenvalue weighted by Gasteiger charge is 2.31. The first-order chi connectivity index (χ1) is 48.8. The number of rotatable bonds is 6. The van der Waals surface area contributed by atoms with Gasteiger partial charge in [-0.3, -0.25) is 0 Å². The van der Waals surface area contributed by atoms with Crippen molar-refractivity contribution in [3.05, 3.63) is 230 Å². The van der Waals surface area contributed by atoms with Crippen LogP contribution in [0.1, 0.15) is 52.1 Å². The van der Waals surface area contributed by atoms with Gasteiger partial charge in [-0.25, -0.2) is 0 Å². The van der Waals surface area contributed by atoms with Crippen molar-refractivity contribution in [3.63, 3.8) is 0 Å². The van der Waals surface area contributed by atoms with Crippen LogP contribution in [0.2, 0.25) is 13.1 Å². The lowest BCUT2D eigenvalue weighted by Crippen LogP contribution is -2.53. The summed E-state index contributed by atoms with van der Waals surface area (Å²) in [7, 11) is -5.33. The molecule has 4 aromatic heterocycles. The van der Waals surface area contributed by atoms with E-state index >= 15 is 0 Å². The monoisotopic (exact) mass is 911 g/mol. The zero-order valence-corrected chi connectivity index (χ0v) is 35.3. The molecular weight excluding hydrogens is 829 g/mol. The van der Waals surface area contributed by atoms with Gasteiger partial charge >= 0.3 is 0 Å². The molecule has 4 nitrogen and oxygen atoms in total. The summed E-state index contributed by atoms with van der Waals surface area (Å²) in [5.74, 6) is 0. The molecule has 0 spiro atoms. The normalized spacial score (nSPS) is 20.3. The Morgan fingerprint density at radius 3 is 0.597 bits per heavy atom. The maximum Gasteiger partial charge on any atom is 0.112 e. The fraction of sp³-hybridized carbons (Fsp3) is 0.0323. The van der Waals surface area contributed by atoms with Gasteiger partial charge in [-0.2, -0.15) is 0 Å². The van der Waals surface area contributed by atoms with Crippen molar-refractivity contribution in [2.24, 2.45) is 0 Å². The van der Waals surface area contributed by atoms with E-state index in [-0.39, 0.29) is 0 Å². The predicted octanol–water partition coefficient (Wildman–Crippen LogP) is 14.9. The Kier molecular flexibility index (Phi) is 3.46. The molecule has 0 bridgehead atoms. The van der Waals surface area contributed by atoms with Gasteiger partial charge in [0.2, 0.25) is 0 Å². The summed E-state index contributed by atoms with van der Waals surface area (Å²) in [5, 5.41) is -6.86. The van der Waals surface area contributed by atoms with E-state index in [9.17, 15) is 30.2 Å². The minimum atomic E-state index is -5.33. The van der Waals surface area contributed by atoms with Gasteiger partial charge in [-0.1, -0.05) is 168 Å².